The van der Waals surface area contributed by atoms with Crippen molar-refractivity contribution in [1.82, 2.24) is 19.9 Å². The van der Waals surface area contributed by atoms with Crippen molar-refractivity contribution in [2.75, 3.05) is 25.5 Å². The van der Waals surface area contributed by atoms with Gasteiger partial charge in [-0.2, -0.15) is 0 Å². The molecule has 1 unspecified atom stereocenters. The Hall–Kier alpha value is -2.02. The lowest BCUT2D eigenvalue weighted by Crippen LogP contribution is -2.32. The van der Waals surface area contributed by atoms with Gasteiger partial charge < -0.3 is 9.80 Å². The van der Waals surface area contributed by atoms with E-state index in [1.165, 1.54) is 0 Å². The summed E-state index contributed by atoms with van der Waals surface area (Å²) in [5.41, 5.74) is 1.73. The van der Waals surface area contributed by atoms with Gasteiger partial charge in [0.1, 0.15) is 5.82 Å². The van der Waals surface area contributed by atoms with Gasteiger partial charge in [0, 0.05) is 26.0 Å². The van der Waals surface area contributed by atoms with Crippen LogP contribution in [0.4, 0.5) is 5.82 Å². The number of hydrogen-bond acceptors (Lipinski definition) is 6. The molecule has 3 heterocycles. The summed E-state index contributed by atoms with van der Waals surface area (Å²) in [5.74, 6) is 0.937. The fourth-order valence-electron chi connectivity index (χ4n) is 2.86. The van der Waals surface area contributed by atoms with Crippen LogP contribution >= 0.6 is 11.3 Å². The molecule has 1 aliphatic heterocycles. The summed E-state index contributed by atoms with van der Waals surface area (Å²) in [6, 6.07) is 0.0228. The molecule has 1 saturated heterocycles. The molecule has 0 radical (unpaired) electrons. The topological polar surface area (TPSA) is 62.2 Å². The van der Waals surface area contributed by atoms with Crippen molar-refractivity contribution < 1.29 is 4.79 Å². The van der Waals surface area contributed by atoms with E-state index < -0.39 is 0 Å². The second-order valence-corrected chi connectivity index (χ2v) is 7.04. The number of nitrogens with zero attached hydrogens (tertiary/aromatic N) is 5. The summed E-state index contributed by atoms with van der Waals surface area (Å²) in [6.45, 7) is 2.74. The third-order valence-corrected chi connectivity index (χ3v) is 4.83. The van der Waals surface area contributed by atoms with Crippen LogP contribution in [0.5, 0.6) is 0 Å². The van der Waals surface area contributed by atoms with Gasteiger partial charge in [-0.3, -0.25) is 9.78 Å². The first-order valence-corrected chi connectivity index (χ1v) is 8.62. The SMILES string of the molecule is Cc1nc(CC(=O)N2CCCC2c2cncc(N(C)C)n2)cs1. The van der Waals surface area contributed by atoms with Crippen molar-refractivity contribution >= 4 is 23.1 Å². The molecule has 0 aromatic carbocycles. The molecule has 1 amide bonds. The van der Waals surface area contributed by atoms with Gasteiger partial charge in [0.05, 0.1) is 41.3 Å². The highest BCUT2D eigenvalue weighted by molar-refractivity contribution is 7.09. The highest BCUT2D eigenvalue weighted by atomic mass is 32.1. The largest absolute Gasteiger partial charge is 0.361 e. The Bertz CT molecular complexity index is 699. The van der Waals surface area contributed by atoms with Gasteiger partial charge in [0.25, 0.3) is 0 Å². The van der Waals surface area contributed by atoms with E-state index in [9.17, 15) is 4.79 Å². The number of hydrogen-bond donors (Lipinski definition) is 0. The molecule has 122 valence electrons. The van der Waals surface area contributed by atoms with Crippen LogP contribution in [0.3, 0.4) is 0 Å². The minimum Gasteiger partial charge on any atom is -0.361 e. The quantitative estimate of drug-likeness (QED) is 0.859. The normalized spacial score (nSPS) is 17.5. The molecule has 0 spiro atoms. The zero-order chi connectivity index (χ0) is 16.4. The Balaban J connectivity index is 1.77. The Morgan fingerprint density at radius 1 is 1.39 bits per heavy atom. The Kier molecular flexibility index (Phi) is 4.56. The molecule has 0 N–H and O–H groups in total. The number of aromatic nitrogens is 3. The maximum absolute atomic E-state index is 12.7. The summed E-state index contributed by atoms with van der Waals surface area (Å²) in [4.78, 5) is 29.8. The lowest BCUT2D eigenvalue weighted by atomic mass is 10.1. The zero-order valence-corrected chi connectivity index (χ0v) is 14.5. The second-order valence-electron chi connectivity index (χ2n) is 5.98. The molecule has 23 heavy (non-hydrogen) atoms. The summed E-state index contributed by atoms with van der Waals surface area (Å²) >= 11 is 1.58. The predicted octanol–water partition coefficient (Wildman–Crippen LogP) is 2.21. The standard InChI is InChI=1S/C16H21N5OS/c1-11-18-12(10-23-11)7-16(22)21-6-4-5-14(21)13-8-17-9-15(19-13)20(2)3/h8-10,14H,4-7H2,1-3H3. The Labute approximate surface area is 140 Å². The van der Waals surface area contributed by atoms with Crippen LogP contribution in [0.1, 0.15) is 35.3 Å². The van der Waals surface area contributed by atoms with Crippen molar-refractivity contribution in [3.8, 4) is 0 Å². The van der Waals surface area contributed by atoms with E-state index in [2.05, 4.69) is 15.0 Å². The summed E-state index contributed by atoms with van der Waals surface area (Å²) in [6.07, 6.45) is 5.81. The number of rotatable bonds is 4. The molecule has 2 aromatic heterocycles. The third kappa shape index (κ3) is 3.50. The van der Waals surface area contributed by atoms with Gasteiger partial charge in [-0.25, -0.2) is 9.97 Å². The van der Waals surface area contributed by atoms with Crippen LogP contribution < -0.4 is 4.90 Å². The van der Waals surface area contributed by atoms with E-state index in [1.54, 1.807) is 23.7 Å². The number of thiazole rings is 1. The van der Waals surface area contributed by atoms with E-state index in [0.717, 1.165) is 41.6 Å². The summed E-state index contributed by atoms with van der Waals surface area (Å²) < 4.78 is 0. The van der Waals surface area contributed by atoms with Crippen LogP contribution in [-0.4, -0.2) is 46.4 Å². The first kappa shape index (κ1) is 15.9. The molecule has 0 saturated carbocycles. The van der Waals surface area contributed by atoms with E-state index in [4.69, 9.17) is 0 Å². The number of carbonyl (C=O) groups is 1. The maximum atomic E-state index is 12.7. The smallest absolute Gasteiger partial charge is 0.229 e. The number of amides is 1. The highest BCUT2D eigenvalue weighted by Crippen LogP contribution is 2.31. The molecule has 3 rings (SSSR count). The molecule has 7 heteroatoms. The van der Waals surface area contributed by atoms with E-state index >= 15 is 0 Å². The molecular weight excluding hydrogens is 310 g/mol. The molecule has 1 aliphatic rings. The third-order valence-electron chi connectivity index (χ3n) is 4.01. The fourth-order valence-corrected chi connectivity index (χ4v) is 3.48. The van der Waals surface area contributed by atoms with Crippen molar-refractivity contribution in [3.05, 3.63) is 34.2 Å². The van der Waals surface area contributed by atoms with Crippen molar-refractivity contribution in [2.45, 2.75) is 32.2 Å². The number of anilines is 1. The zero-order valence-electron chi connectivity index (χ0n) is 13.7. The number of aryl methyl sites for hydroxylation is 1. The number of carbonyl (C=O) groups excluding carboxylic acids is 1. The van der Waals surface area contributed by atoms with E-state index in [-0.39, 0.29) is 11.9 Å². The molecule has 0 aliphatic carbocycles. The molecule has 1 atom stereocenters. The first-order chi connectivity index (χ1) is 11.0. The maximum Gasteiger partial charge on any atom is 0.229 e. The molecule has 1 fully saturated rings. The summed E-state index contributed by atoms with van der Waals surface area (Å²) in [7, 11) is 3.88. The average molecular weight is 331 g/mol. The van der Waals surface area contributed by atoms with E-state index in [0.29, 0.717) is 6.42 Å². The van der Waals surface area contributed by atoms with Crippen LogP contribution in [0.2, 0.25) is 0 Å². The van der Waals surface area contributed by atoms with Gasteiger partial charge in [-0.05, 0) is 19.8 Å². The van der Waals surface area contributed by atoms with Gasteiger partial charge in [0.2, 0.25) is 5.91 Å². The Morgan fingerprint density at radius 3 is 2.91 bits per heavy atom. The lowest BCUT2D eigenvalue weighted by molar-refractivity contribution is -0.131. The Morgan fingerprint density at radius 2 is 2.22 bits per heavy atom. The van der Waals surface area contributed by atoms with Crippen LogP contribution in [0.15, 0.2) is 17.8 Å². The molecular formula is C16H21N5OS. The van der Waals surface area contributed by atoms with Crippen LogP contribution in [-0.2, 0) is 11.2 Å². The first-order valence-electron chi connectivity index (χ1n) is 7.74. The fraction of sp³-hybridized carbons (Fsp3) is 0.500. The van der Waals surface area contributed by atoms with Crippen molar-refractivity contribution in [2.24, 2.45) is 0 Å². The summed E-state index contributed by atoms with van der Waals surface area (Å²) in [5, 5.41) is 2.96. The number of likely N-dealkylation sites (tertiary alicyclic amines) is 1. The van der Waals surface area contributed by atoms with Crippen LogP contribution in [0.25, 0.3) is 0 Å². The minimum absolute atomic E-state index is 0.0228. The van der Waals surface area contributed by atoms with Crippen molar-refractivity contribution in [1.29, 1.82) is 0 Å². The minimum atomic E-state index is 0.0228. The molecule has 2 aromatic rings. The lowest BCUT2D eigenvalue weighted by Gasteiger charge is -2.24. The average Bonchev–Trinajstić information content (AvgIpc) is 3.16. The van der Waals surface area contributed by atoms with Gasteiger partial charge in [0.15, 0.2) is 0 Å². The van der Waals surface area contributed by atoms with Gasteiger partial charge in [-0.15, -0.1) is 11.3 Å². The van der Waals surface area contributed by atoms with Gasteiger partial charge in [-0.1, -0.05) is 0 Å². The second kappa shape index (κ2) is 6.62. The predicted molar refractivity (Wildman–Crippen MR) is 90.6 cm³/mol. The molecule has 6 nitrogen and oxygen atoms in total. The van der Waals surface area contributed by atoms with E-state index in [1.807, 2.05) is 36.2 Å². The highest BCUT2D eigenvalue weighted by Gasteiger charge is 2.31. The molecule has 0 bridgehead atoms. The van der Waals surface area contributed by atoms with Crippen LogP contribution in [0, 0.1) is 6.92 Å². The van der Waals surface area contributed by atoms with Gasteiger partial charge >= 0.3 is 0 Å². The monoisotopic (exact) mass is 331 g/mol. The van der Waals surface area contributed by atoms with Crippen molar-refractivity contribution in [3.63, 3.8) is 0 Å².